The number of hydrogen-bond acceptors (Lipinski definition) is 2. The van der Waals surface area contributed by atoms with Gasteiger partial charge in [0.15, 0.2) is 0 Å². The van der Waals surface area contributed by atoms with Crippen molar-refractivity contribution in [2.24, 2.45) is 0 Å². The lowest BCUT2D eigenvalue weighted by Gasteiger charge is -2.10. The standard InChI is InChI=1S/C9H9ClF2O2S/c1-6(9(11)12)7-3-2-4-8(5-7)15(10,13)14/h2-6,9H,1H3/t6-/m0/s1. The van der Waals surface area contributed by atoms with Crippen LogP contribution in [0.1, 0.15) is 18.4 Å². The Balaban J connectivity index is 3.14. The van der Waals surface area contributed by atoms with E-state index in [2.05, 4.69) is 0 Å². The molecule has 15 heavy (non-hydrogen) atoms. The Bertz CT molecular complexity index is 445. The van der Waals surface area contributed by atoms with Crippen LogP contribution >= 0.6 is 10.7 Å². The van der Waals surface area contributed by atoms with E-state index < -0.39 is 21.4 Å². The fraction of sp³-hybridized carbons (Fsp3) is 0.333. The quantitative estimate of drug-likeness (QED) is 0.777. The molecule has 6 heteroatoms. The van der Waals surface area contributed by atoms with Gasteiger partial charge in [-0.15, -0.1) is 0 Å². The summed E-state index contributed by atoms with van der Waals surface area (Å²) in [7, 11) is 1.24. The van der Waals surface area contributed by atoms with Crippen LogP contribution in [0, 0.1) is 0 Å². The molecule has 0 fully saturated rings. The van der Waals surface area contributed by atoms with Crippen LogP contribution in [0.2, 0.25) is 0 Å². The van der Waals surface area contributed by atoms with Gasteiger partial charge in [0.1, 0.15) is 0 Å². The first kappa shape index (κ1) is 12.4. The molecule has 0 N–H and O–H groups in total. The highest BCUT2D eigenvalue weighted by atomic mass is 35.7. The second kappa shape index (κ2) is 4.45. The fourth-order valence-corrected chi connectivity index (χ4v) is 1.90. The topological polar surface area (TPSA) is 34.1 Å². The number of hydrogen-bond donors (Lipinski definition) is 0. The predicted molar refractivity (Wildman–Crippen MR) is 53.9 cm³/mol. The van der Waals surface area contributed by atoms with E-state index in [9.17, 15) is 17.2 Å². The zero-order chi connectivity index (χ0) is 11.6. The van der Waals surface area contributed by atoms with Crippen molar-refractivity contribution < 1.29 is 17.2 Å². The van der Waals surface area contributed by atoms with Crippen LogP contribution in [0.25, 0.3) is 0 Å². The van der Waals surface area contributed by atoms with Gasteiger partial charge in [-0.25, -0.2) is 17.2 Å². The van der Waals surface area contributed by atoms with E-state index in [0.717, 1.165) is 0 Å². The van der Waals surface area contributed by atoms with Crippen molar-refractivity contribution in [3.63, 3.8) is 0 Å². The highest BCUT2D eigenvalue weighted by molar-refractivity contribution is 8.13. The number of halogens is 3. The van der Waals surface area contributed by atoms with E-state index in [1.54, 1.807) is 0 Å². The summed E-state index contributed by atoms with van der Waals surface area (Å²) < 4.78 is 46.6. The molecule has 0 aliphatic heterocycles. The first-order valence-corrected chi connectivity index (χ1v) is 6.46. The summed E-state index contributed by atoms with van der Waals surface area (Å²) in [4.78, 5) is -0.158. The lowest BCUT2D eigenvalue weighted by atomic mass is 10.0. The van der Waals surface area contributed by atoms with Gasteiger partial charge in [0.05, 0.1) is 4.90 Å². The molecule has 0 saturated heterocycles. The molecule has 0 radical (unpaired) electrons. The van der Waals surface area contributed by atoms with E-state index in [1.807, 2.05) is 0 Å². The van der Waals surface area contributed by atoms with Gasteiger partial charge in [0, 0.05) is 16.6 Å². The van der Waals surface area contributed by atoms with E-state index in [-0.39, 0.29) is 10.5 Å². The maximum Gasteiger partial charge on any atom is 0.261 e. The molecule has 0 bridgehead atoms. The minimum atomic E-state index is -3.86. The summed E-state index contributed by atoms with van der Waals surface area (Å²) in [6, 6.07) is 5.27. The molecule has 1 aromatic rings. The lowest BCUT2D eigenvalue weighted by Crippen LogP contribution is -2.05. The summed E-state index contributed by atoms with van der Waals surface area (Å²) in [5, 5.41) is 0. The van der Waals surface area contributed by atoms with Gasteiger partial charge in [-0.2, -0.15) is 0 Å². The Hall–Kier alpha value is -0.680. The average Bonchev–Trinajstić information content (AvgIpc) is 2.15. The van der Waals surface area contributed by atoms with Gasteiger partial charge < -0.3 is 0 Å². The van der Waals surface area contributed by atoms with Crippen LogP contribution in [-0.4, -0.2) is 14.8 Å². The van der Waals surface area contributed by atoms with Crippen molar-refractivity contribution in [1.82, 2.24) is 0 Å². The van der Waals surface area contributed by atoms with Crippen molar-refractivity contribution in [3.05, 3.63) is 29.8 Å². The van der Waals surface area contributed by atoms with Gasteiger partial charge in [-0.3, -0.25) is 0 Å². The summed E-state index contributed by atoms with van der Waals surface area (Å²) in [5.74, 6) is -1.01. The maximum absolute atomic E-state index is 12.4. The van der Waals surface area contributed by atoms with E-state index in [1.165, 1.54) is 31.2 Å². The zero-order valence-electron chi connectivity index (χ0n) is 7.82. The molecule has 84 valence electrons. The molecule has 0 aromatic heterocycles. The molecule has 1 rings (SSSR count). The molecule has 1 atom stereocenters. The largest absolute Gasteiger partial charge is 0.261 e. The predicted octanol–water partition coefficient (Wildman–Crippen LogP) is 2.98. The molecular formula is C9H9ClF2O2S. The summed E-state index contributed by atoms with van der Waals surface area (Å²) in [5.41, 5.74) is 0.256. The molecular weight excluding hydrogens is 246 g/mol. The molecule has 0 spiro atoms. The molecule has 0 amide bonds. The monoisotopic (exact) mass is 254 g/mol. The first-order chi connectivity index (χ1) is 6.82. The Morgan fingerprint density at radius 1 is 1.33 bits per heavy atom. The molecule has 0 aliphatic carbocycles. The zero-order valence-corrected chi connectivity index (χ0v) is 9.40. The molecule has 0 unspecified atom stereocenters. The van der Waals surface area contributed by atoms with Gasteiger partial charge in [0.25, 0.3) is 9.05 Å². The fourth-order valence-electron chi connectivity index (χ4n) is 1.09. The first-order valence-electron chi connectivity index (χ1n) is 4.15. The Kier molecular flexibility index (Phi) is 3.67. The third kappa shape index (κ3) is 3.14. The highest BCUT2D eigenvalue weighted by Crippen LogP contribution is 2.25. The van der Waals surface area contributed by atoms with Crippen LogP contribution in [0.15, 0.2) is 29.2 Å². The van der Waals surface area contributed by atoms with Gasteiger partial charge in [-0.1, -0.05) is 19.1 Å². The minimum Gasteiger partial charge on any atom is -0.210 e. The van der Waals surface area contributed by atoms with Gasteiger partial charge >= 0.3 is 0 Å². The summed E-state index contributed by atoms with van der Waals surface area (Å²) in [6.07, 6.45) is -2.53. The van der Waals surface area contributed by atoms with Crippen molar-refractivity contribution in [2.45, 2.75) is 24.2 Å². The molecule has 0 saturated carbocycles. The number of alkyl halides is 2. The van der Waals surface area contributed by atoms with E-state index >= 15 is 0 Å². The van der Waals surface area contributed by atoms with Crippen LogP contribution in [0.3, 0.4) is 0 Å². The Morgan fingerprint density at radius 2 is 1.93 bits per heavy atom. The minimum absolute atomic E-state index is 0.158. The van der Waals surface area contributed by atoms with Crippen molar-refractivity contribution in [3.8, 4) is 0 Å². The van der Waals surface area contributed by atoms with Gasteiger partial charge in [0.2, 0.25) is 6.43 Å². The SMILES string of the molecule is C[C@@H](c1cccc(S(=O)(=O)Cl)c1)C(F)F. The van der Waals surface area contributed by atoms with Crippen LogP contribution < -0.4 is 0 Å². The highest BCUT2D eigenvalue weighted by Gasteiger charge is 2.19. The molecule has 0 heterocycles. The second-order valence-corrected chi connectivity index (χ2v) is 5.70. The van der Waals surface area contributed by atoms with Gasteiger partial charge in [-0.05, 0) is 17.7 Å². The van der Waals surface area contributed by atoms with Crippen LogP contribution in [0.4, 0.5) is 8.78 Å². The van der Waals surface area contributed by atoms with E-state index in [4.69, 9.17) is 10.7 Å². The smallest absolute Gasteiger partial charge is 0.210 e. The normalized spacial score (nSPS) is 14.2. The third-order valence-electron chi connectivity index (χ3n) is 2.04. The summed E-state index contributed by atoms with van der Waals surface area (Å²) in [6.45, 7) is 1.32. The van der Waals surface area contributed by atoms with Crippen LogP contribution in [-0.2, 0) is 9.05 Å². The third-order valence-corrected chi connectivity index (χ3v) is 3.39. The maximum atomic E-state index is 12.4. The molecule has 2 nitrogen and oxygen atoms in total. The molecule has 1 aromatic carbocycles. The van der Waals surface area contributed by atoms with E-state index in [0.29, 0.717) is 0 Å². The van der Waals surface area contributed by atoms with Crippen molar-refractivity contribution in [1.29, 1.82) is 0 Å². The average molecular weight is 255 g/mol. The van der Waals surface area contributed by atoms with Crippen molar-refractivity contribution >= 4 is 19.7 Å². The molecule has 0 aliphatic rings. The van der Waals surface area contributed by atoms with Crippen LogP contribution in [0.5, 0.6) is 0 Å². The summed E-state index contributed by atoms with van der Waals surface area (Å²) >= 11 is 0. The Labute approximate surface area is 91.3 Å². The lowest BCUT2D eigenvalue weighted by molar-refractivity contribution is 0.121. The van der Waals surface area contributed by atoms with Crippen molar-refractivity contribution in [2.75, 3.05) is 0 Å². The second-order valence-electron chi connectivity index (χ2n) is 3.13. The Morgan fingerprint density at radius 3 is 2.40 bits per heavy atom. The number of rotatable bonds is 3. The number of benzene rings is 1.